The number of nitrogens with zero attached hydrogens (tertiary/aromatic N) is 2. The van der Waals surface area contributed by atoms with Crippen molar-refractivity contribution < 1.29 is 9.90 Å². The normalized spacial score (nSPS) is 12.7. The molecule has 0 spiro atoms. The number of hydrogen-bond acceptors (Lipinski definition) is 2. The molecule has 0 radical (unpaired) electrons. The molecule has 1 N–H and O–H groups in total. The molecular weight excluding hydrogens is 300 g/mol. The van der Waals surface area contributed by atoms with Crippen molar-refractivity contribution in [2.75, 3.05) is 0 Å². The van der Waals surface area contributed by atoms with E-state index in [-0.39, 0.29) is 5.92 Å². The number of carboxylic acid groups (broad SMARTS) is 1. The van der Waals surface area contributed by atoms with Gasteiger partial charge in [-0.2, -0.15) is 0 Å². The molecule has 0 aliphatic carbocycles. The fraction of sp³-hybridized carbons (Fsp3) is 0.200. The third-order valence-corrected chi connectivity index (χ3v) is 4.15. The number of rotatable bonds is 6. The topological polar surface area (TPSA) is 55.1 Å². The van der Waals surface area contributed by atoms with Crippen LogP contribution < -0.4 is 0 Å². The van der Waals surface area contributed by atoms with Gasteiger partial charge in [0.2, 0.25) is 0 Å². The summed E-state index contributed by atoms with van der Waals surface area (Å²) in [4.78, 5) is 15.1. The second-order valence-corrected chi connectivity index (χ2v) is 5.90. The van der Waals surface area contributed by atoms with Gasteiger partial charge in [-0.05, 0) is 31.0 Å². The van der Waals surface area contributed by atoms with Crippen LogP contribution in [0, 0.1) is 5.92 Å². The van der Waals surface area contributed by atoms with Crippen molar-refractivity contribution in [2.24, 2.45) is 5.92 Å². The molecule has 3 aromatic rings. The van der Waals surface area contributed by atoms with E-state index in [0.717, 1.165) is 23.2 Å². The van der Waals surface area contributed by atoms with Gasteiger partial charge in [-0.15, -0.1) is 0 Å². The van der Waals surface area contributed by atoms with Gasteiger partial charge in [0.05, 0.1) is 23.3 Å². The Labute approximate surface area is 141 Å². The average molecular weight is 320 g/mol. The first-order chi connectivity index (χ1) is 11.7. The average Bonchev–Trinajstić information content (AvgIpc) is 2.98. The number of pyridine rings is 1. The smallest absolute Gasteiger partial charge is 0.306 e. The standard InChI is InChI=1S/C20H20N2O2/c1-15(20(23)24)7-2-3-8-16-14-22(17-9-6-12-21-13-17)19-11-5-4-10-18(16)19/h3-6,8-15H,2,7H2,1H3,(H,23,24). The first kappa shape index (κ1) is 16.0. The van der Waals surface area contributed by atoms with Crippen LogP contribution in [0.3, 0.4) is 0 Å². The summed E-state index contributed by atoms with van der Waals surface area (Å²) < 4.78 is 2.13. The minimum Gasteiger partial charge on any atom is -0.481 e. The monoisotopic (exact) mass is 320 g/mol. The summed E-state index contributed by atoms with van der Waals surface area (Å²) in [5, 5.41) is 10.1. The summed E-state index contributed by atoms with van der Waals surface area (Å²) in [6.07, 6.45) is 11.2. The van der Waals surface area contributed by atoms with Crippen molar-refractivity contribution >= 4 is 22.9 Å². The van der Waals surface area contributed by atoms with E-state index in [1.54, 1.807) is 13.1 Å². The van der Waals surface area contributed by atoms with Gasteiger partial charge in [-0.3, -0.25) is 9.78 Å². The molecule has 24 heavy (non-hydrogen) atoms. The second kappa shape index (κ2) is 7.13. The molecule has 2 aromatic heterocycles. The maximum absolute atomic E-state index is 10.9. The fourth-order valence-corrected chi connectivity index (χ4v) is 2.73. The zero-order valence-electron chi connectivity index (χ0n) is 13.6. The van der Waals surface area contributed by atoms with Crippen LogP contribution in [-0.4, -0.2) is 20.6 Å². The zero-order valence-corrected chi connectivity index (χ0v) is 13.6. The molecule has 0 bridgehead atoms. The third kappa shape index (κ3) is 3.38. The number of benzene rings is 1. The van der Waals surface area contributed by atoms with E-state index >= 15 is 0 Å². The highest BCUT2D eigenvalue weighted by Crippen LogP contribution is 2.25. The summed E-state index contributed by atoms with van der Waals surface area (Å²) in [7, 11) is 0. The molecule has 1 aromatic carbocycles. The molecule has 1 unspecified atom stereocenters. The van der Waals surface area contributed by atoms with Crippen molar-refractivity contribution in [3.8, 4) is 5.69 Å². The quantitative estimate of drug-likeness (QED) is 0.725. The van der Waals surface area contributed by atoms with E-state index < -0.39 is 5.97 Å². The van der Waals surface area contributed by atoms with Crippen molar-refractivity contribution in [3.63, 3.8) is 0 Å². The predicted molar refractivity (Wildman–Crippen MR) is 96.1 cm³/mol. The van der Waals surface area contributed by atoms with Crippen LogP contribution >= 0.6 is 0 Å². The van der Waals surface area contributed by atoms with Gasteiger partial charge in [0.1, 0.15) is 0 Å². The molecule has 0 aliphatic rings. The number of aromatic nitrogens is 2. The first-order valence-electron chi connectivity index (χ1n) is 8.06. The third-order valence-electron chi connectivity index (χ3n) is 4.15. The molecule has 0 saturated carbocycles. The highest BCUT2D eigenvalue weighted by atomic mass is 16.4. The summed E-state index contributed by atoms with van der Waals surface area (Å²) >= 11 is 0. The van der Waals surface area contributed by atoms with Crippen molar-refractivity contribution in [2.45, 2.75) is 19.8 Å². The van der Waals surface area contributed by atoms with Gasteiger partial charge >= 0.3 is 5.97 Å². The Kier molecular flexibility index (Phi) is 4.75. The van der Waals surface area contributed by atoms with Gasteiger partial charge in [0.25, 0.3) is 0 Å². The molecule has 0 amide bonds. The summed E-state index contributed by atoms with van der Waals surface area (Å²) in [6, 6.07) is 12.2. The number of para-hydroxylation sites is 1. The minimum absolute atomic E-state index is 0.314. The summed E-state index contributed by atoms with van der Waals surface area (Å²) in [5.74, 6) is -1.05. The molecule has 0 fully saturated rings. The lowest BCUT2D eigenvalue weighted by Crippen LogP contribution is -2.08. The highest BCUT2D eigenvalue weighted by molar-refractivity contribution is 5.90. The van der Waals surface area contributed by atoms with Crippen LogP contribution in [0.1, 0.15) is 25.3 Å². The summed E-state index contributed by atoms with van der Waals surface area (Å²) in [6.45, 7) is 1.74. The van der Waals surface area contributed by atoms with Crippen LogP contribution in [0.15, 0.2) is 61.1 Å². The van der Waals surface area contributed by atoms with Crippen molar-refractivity contribution in [1.82, 2.24) is 9.55 Å². The Bertz CT molecular complexity index is 866. The van der Waals surface area contributed by atoms with E-state index in [9.17, 15) is 4.79 Å². The van der Waals surface area contributed by atoms with Gasteiger partial charge in [0.15, 0.2) is 0 Å². The number of carbonyl (C=O) groups is 1. The van der Waals surface area contributed by atoms with Crippen molar-refractivity contribution in [1.29, 1.82) is 0 Å². The molecule has 122 valence electrons. The van der Waals surface area contributed by atoms with Gasteiger partial charge < -0.3 is 9.67 Å². The van der Waals surface area contributed by atoms with E-state index in [0.29, 0.717) is 6.42 Å². The molecule has 4 heteroatoms. The SMILES string of the molecule is CC(CCC=Cc1cn(-c2cccnc2)c2ccccc12)C(=O)O. The van der Waals surface area contributed by atoms with Gasteiger partial charge in [-0.1, -0.05) is 37.3 Å². The fourth-order valence-electron chi connectivity index (χ4n) is 2.73. The van der Waals surface area contributed by atoms with Crippen LogP contribution in [0.5, 0.6) is 0 Å². The Morgan fingerprint density at radius 1 is 1.29 bits per heavy atom. The predicted octanol–water partition coefficient (Wildman–Crippen LogP) is 4.54. The van der Waals surface area contributed by atoms with E-state index in [1.807, 2.05) is 30.5 Å². The Morgan fingerprint density at radius 2 is 2.12 bits per heavy atom. The Balaban J connectivity index is 1.88. The molecule has 0 aliphatic heterocycles. The Hall–Kier alpha value is -2.88. The maximum atomic E-state index is 10.9. The molecule has 2 heterocycles. The first-order valence-corrected chi connectivity index (χ1v) is 8.06. The molecule has 1 atom stereocenters. The number of fused-ring (bicyclic) bond motifs is 1. The number of hydrogen-bond donors (Lipinski definition) is 1. The molecule has 3 rings (SSSR count). The van der Waals surface area contributed by atoms with Gasteiger partial charge in [0, 0.05) is 23.3 Å². The molecule has 4 nitrogen and oxygen atoms in total. The molecular formula is C20H20N2O2. The Morgan fingerprint density at radius 3 is 2.88 bits per heavy atom. The number of aliphatic carboxylic acids is 1. The van der Waals surface area contributed by atoms with E-state index in [4.69, 9.17) is 5.11 Å². The maximum Gasteiger partial charge on any atom is 0.306 e. The minimum atomic E-state index is -0.739. The van der Waals surface area contributed by atoms with Crippen LogP contribution in [-0.2, 0) is 4.79 Å². The highest BCUT2D eigenvalue weighted by Gasteiger charge is 2.09. The lowest BCUT2D eigenvalue weighted by atomic mass is 10.1. The lowest BCUT2D eigenvalue weighted by molar-refractivity contribution is -0.141. The van der Waals surface area contributed by atoms with E-state index in [2.05, 4.69) is 40.0 Å². The van der Waals surface area contributed by atoms with E-state index in [1.165, 1.54) is 5.39 Å². The zero-order chi connectivity index (χ0) is 16.9. The van der Waals surface area contributed by atoms with Crippen molar-refractivity contribution in [3.05, 3.63) is 66.6 Å². The lowest BCUT2D eigenvalue weighted by Gasteiger charge is -2.03. The number of carboxylic acids is 1. The molecule has 0 saturated heterocycles. The van der Waals surface area contributed by atoms with Crippen LogP contribution in [0.2, 0.25) is 0 Å². The largest absolute Gasteiger partial charge is 0.481 e. The van der Waals surface area contributed by atoms with Gasteiger partial charge in [-0.25, -0.2) is 0 Å². The second-order valence-electron chi connectivity index (χ2n) is 5.90. The number of allylic oxidation sites excluding steroid dienone is 1. The van der Waals surface area contributed by atoms with Crippen LogP contribution in [0.25, 0.3) is 22.7 Å². The summed E-state index contributed by atoms with van der Waals surface area (Å²) in [5.41, 5.74) is 3.27. The van der Waals surface area contributed by atoms with Crippen LogP contribution in [0.4, 0.5) is 0 Å².